The summed E-state index contributed by atoms with van der Waals surface area (Å²) >= 11 is 0. The van der Waals surface area contributed by atoms with Crippen molar-refractivity contribution in [2.45, 2.75) is 6.10 Å². The molecule has 0 radical (unpaired) electrons. The zero-order chi connectivity index (χ0) is 16.6. The second-order valence-electron chi connectivity index (χ2n) is 6.34. The van der Waals surface area contributed by atoms with Gasteiger partial charge in [-0.05, 0) is 11.1 Å². The zero-order valence-corrected chi connectivity index (χ0v) is 14.1. The van der Waals surface area contributed by atoms with Crippen LogP contribution in [0.25, 0.3) is 6.08 Å². The summed E-state index contributed by atoms with van der Waals surface area (Å²) in [4.78, 5) is 4.82. The van der Waals surface area contributed by atoms with Crippen molar-refractivity contribution in [1.29, 1.82) is 0 Å². The summed E-state index contributed by atoms with van der Waals surface area (Å²) in [5.74, 6) is 0. The van der Waals surface area contributed by atoms with Crippen LogP contribution in [0.15, 0.2) is 66.7 Å². The van der Waals surface area contributed by atoms with Gasteiger partial charge in [0.05, 0.1) is 6.10 Å². The smallest absolute Gasteiger partial charge is 0.0916 e. The first kappa shape index (κ1) is 16.9. The van der Waals surface area contributed by atoms with E-state index in [1.54, 1.807) is 0 Å². The Bertz CT molecular complexity index is 619. The van der Waals surface area contributed by atoms with E-state index in [9.17, 15) is 5.11 Å². The zero-order valence-electron chi connectivity index (χ0n) is 14.1. The summed E-state index contributed by atoms with van der Waals surface area (Å²) in [5.41, 5.74) is 2.26. The predicted octanol–water partition coefficient (Wildman–Crippen LogP) is 3.05. The largest absolute Gasteiger partial charge is 0.387 e. The number of hydrogen-bond donors (Lipinski definition) is 1. The van der Waals surface area contributed by atoms with Gasteiger partial charge in [-0.3, -0.25) is 9.80 Å². The van der Waals surface area contributed by atoms with Gasteiger partial charge >= 0.3 is 0 Å². The molecule has 1 aliphatic rings. The molecule has 3 rings (SSSR count). The van der Waals surface area contributed by atoms with E-state index in [4.69, 9.17) is 0 Å². The van der Waals surface area contributed by atoms with Gasteiger partial charge in [0.2, 0.25) is 0 Å². The lowest BCUT2D eigenvalue weighted by molar-refractivity contribution is 0.0764. The number of benzene rings is 2. The summed E-state index contributed by atoms with van der Waals surface area (Å²) in [7, 11) is 0. The molecule has 2 aromatic carbocycles. The van der Waals surface area contributed by atoms with Crippen molar-refractivity contribution in [1.82, 2.24) is 9.80 Å². The van der Waals surface area contributed by atoms with Crippen LogP contribution in [0, 0.1) is 0 Å². The maximum absolute atomic E-state index is 10.3. The van der Waals surface area contributed by atoms with Crippen molar-refractivity contribution < 1.29 is 5.11 Å². The number of piperazine rings is 1. The lowest BCUT2D eigenvalue weighted by Crippen LogP contribution is -2.47. The van der Waals surface area contributed by atoms with E-state index in [1.165, 1.54) is 5.56 Å². The second-order valence-corrected chi connectivity index (χ2v) is 6.34. The van der Waals surface area contributed by atoms with Crippen LogP contribution in [-0.4, -0.2) is 54.2 Å². The molecule has 1 atom stereocenters. The van der Waals surface area contributed by atoms with Crippen molar-refractivity contribution in [3.8, 4) is 0 Å². The van der Waals surface area contributed by atoms with Crippen LogP contribution in [0.4, 0.5) is 0 Å². The van der Waals surface area contributed by atoms with Crippen molar-refractivity contribution in [2.75, 3.05) is 39.3 Å². The Hall–Kier alpha value is -1.94. The van der Waals surface area contributed by atoms with Crippen molar-refractivity contribution in [3.63, 3.8) is 0 Å². The summed E-state index contributed by atoms with van der Waals surface area (Å²) in [6.45, 7) is 5.86. The number of nitrogens with zero attached hydrogens (tertiary/aromatic N) is 2. The Morgan fingerprint density at radius 2 is 1.42 bits per heavy atom. The standard InChI is InChI=1S/C21H26N2O/c24-21(20-11-5-2-6-12-20)18-23-16-14-22(15-17-23)13-7-10-19-8-3-1-4-9-19/h1-12,21,24H,13-18H2/b10-7-/t21-/m1/s1. The van der Waals surface area contributed by atoms with Crippen LogP contribution in [-0.2, 0) is 0 Å². The van der Waals surface area contributed by atoms with Gasteiger partial charge in [-0.2, -0.15) is 0 Å². The average Bonchev–Trinajstić information content (AvgIpc) is 2.65. The topological polar surface area (TPSA) is 26.7 Å². The molecule has 0 bridgehead atoms. The van der Waals surface area contributed by atoms with Gasteiger partial charge in [-0.1, -0.05) is 72.8 Å². The molecule has 0 saturated carbocycles. The average molecular weight is 322 g/mol. The molecule has 0 aliphatic carbocycles. The summed E-state index contributed by atoms with van der Waals surface area (Å²) < 4.78 is 0. The summed E-state index contributed by atoms with van der Waals surface area (Å²) in [6, 6.07) is 20.4. The molecule has 24 heavy (non-hydrogen) atoms. The Balaban J connectivity index is 1.40. The van der Waals surface area contributed by atoms with Gasteiger partial charge in [-0.15, -0.1) is 0 Å². The molecule has 3 nitrogen and oxygen atoms in total. The van der Waals surface area contributed by atoms with Crippen molar-refractivity contribution in [3.05, 3.63) is 77.9 Å². The van der Waals surface area contributed by atoms with Gasteiger partial charge in [0.15, 0.2) is 0 Å². The van der Waals surface area contributed by atoms with Crippen LogP contribution in [0.3, 0.4) is 0 Å². The third kappa shape index (κ3) is 5.03. The molecular formula is C21H26N2O. The Kier molecular flexibility index (Phi) is 6.19. The highest BCUT2D eigenvalue weighted by atomic mass is 16.3. The molecule has 0 aromatic heterocycles. The number of aliphatic hydroxyl groups is 1. The molecule has 126 valence electrons. The first-order chi connectivity index (χ1) is 11.8. The van der Waals surface area contributed by atoms with Gasteiger partial charge in [-0.25, -0.2) is 0 Å². The Morgan fingerprint density at radius 3 is 2.08 bits per heavy atom. The lowest BCUT2D eigenvalue weighted by Gasteiger charge is -2.35. The lowest BCUT2D eigenvalue weighted by atomic mass is 10.1. The highest BCUT2D eigenvalue weighted by molar-refractivity contribution is 5.48. The minimum Gasteiger partial charge on any atom is -0.387 e. The maximum atomic E-state index is 10.3. The van der Waals surface area contributed by atoms with E-state index >= 15 is 0 Å². The van der Waals surface area contributed by atoms with Crippen LogP contribution < -0.4 is 0 Å². The first-order valence-electron chi connectivity index (χ1n) is 8.70. The monoisotopic (exact) mass is 322 g/mol. The normalized spacial score (nSPS) is 18.0. The van der Waals surface area contributed by atoms with Gasteiger partial charge in [0.1, 0.15) is 0 Å². The molecule has 3 heteroatoms. The molecular weight excluding hydrogens is 296 g/mol. The Morgan fingerprint density at radius 1 is 0.833 bits per heavy atom. The van der Waals surface area contributed by atoms with Gasteiger partial charge < -0.3 is 5.11 Å². The van der Waals surface area contributed by atoms with Crippen LogP contribution in [0.1, 0.15) is 17.2 Å². The molecule has 0 amide bonds. The number of rotatable bonds is 6. The molecule has 1 heterocycles. The minimum atomic E-state index is -0.393. The fourth-order valence-electron chi connectivity index (χ4n) is 3.08. The third-order valence-electron chi connectivity index (χ3n) is 4.55. The van der Waals surface area contributed by atoms with Crippen LogP contribution >= 0.6 is 0 Å². The highest BCUT2D eigenvalue weighted by Gasteiger charge is 2.19. The molecule has 1 fully saturated rings. The second kappa shape index (κ2) is 8.78. The van der Waals surface area contributed by atoms with E-state index in [0.717, 1.165) is 44.8 Å². The van der Waals surface area contributed by atoms with Gasteiger partial charge in [0, 0.05) is 39.3 Å². The van der Waals surface area contributed by atoms with E-state index in [1.807, 2.05) is 36.4 Å². The fourth-order valence-corrected chi connectivity index (χ4v) is 3.08. The number of hydrogen-bond acceptors (Lipinski definition) is 3. The molecule has 1 N–H and O–H groups in total. The molecule has 2 aromatic rings. The molecule has 0 unspecified atom stereocenters. The quantitative estimate of drug-likeness (QED) is 0.885. The number of aliphatic hydroxyl groups excluding tert-OH is 1. The molecule has 1 aliphatic heterocycles. The third-order valence-corrected chi connectivity index (χ3v) is 4.55. The van der Waals surface area contributed by atoms with Crippen molar-refractivity contribution in [2.24, 2.45) is 0 Å². The Labute approximate surface area is 144 Å². The summed E-state index contributed by atoms with van der Waals surface area (Å²) in [6.07, 6.45) is 4.03. The fraction of sp³-hybridized carbons (Fsp3) is 0.333. The van der Waals surface area contributed by atoms with E-state index in [0.29, 0.717) is 0 Å². The van der Waals surface area contributed by atoms with Gasteiger partial charge in [0.25, 0.3) is 0 Å². The number of β-amino-alcohol motifs (C(OH)–C–C–N with tert-alkyl or cyclic N) is 1. The van der Waals surface area contributed by atoms with Crippen LogP contribution in [0.2, 0.25) is 0 Å². The highest BCUT2D eigenvalue weighted by Crippen LogP contribution is 2.15. The van der Waals surface area contributed by atoms with Crippen molar-refractivity contribution >= 4 is 6.08 Å². The minimum absolute atomic E-state index is 0.393. The van der Waals surface area contributed by atoms with Crippen LogP contribution in [0.5, 0.6) is 0 Å². The SMILES string of the molecule is O[C@H](CN1CCN(C/C=C\c2ccccc2)CC1)c1ccccc1. The molecule has 0 spiro atoms. The van der Waals surface area contributed by atoms with E-state index in [-0.39, 0.29) is 0 Å². The maximum Gasteiger partial charge on any atom is 0.0916 e. The molecule has 1 saturated heterocycles. The van der Waals surface area contributed by atoms with E-state index in [2.05, 4.69) is 46.2 Å². The van der Waals surface area contributed by atoms with E-state index < -0.39 is 6.10 Å². The predicted molar refractivity (Wildman–Crippen MR) is 99.8 cm³/mol. The first-order valence-corrected chi connectivity index (χ1v) is 8.70. The summed E-state index contributed by atoms with van der Waals surface area (Å²) in [5, 5.41) is 10.3.